The third kappa shape index (κ3) is 3.47. The van der Waals surface area contributed by atoms with Crippen LogP contribution in [0.5, 0.6) is 0 Å². The molecule has 5 nitrogen and oxygen atoms in total. The molecule has 1 aliphatic rings. The minimum atomic E-state index is -1.43. The largest absolute Gasteiger partial charge is 0.368 e. The fourth-order valence-electron chi connectivity index (χ4n) is 3.19. The van der Waals surface area contributed by atoms with Crippen LogP contribution in [0.1, 0.15) is 36.5 Å². The zero-order chi connectivity index (χ0) is 19.5. The Morgan fingerprint density at radius 1 is 1.07 bits per heavy atom. The molecule has 0 saturated carbocycles. The zero-order valence-electron chi connectivity index (χ0n) is 16.0. The Morgan fingerprint density at radius 2 is 1.89 bits per heavy atom. The van der Waals surface area contributed by atoms with Crippen molar-refractivity contribution in [2.75, 3.05) is 11.9 Å². The molecule has 1 unspecified atom stereocenters. The van der Waals surface area contributed by atoms with E-state index in [1.165, 1.54) is 6.33 Å². The predicted octanol–water partition coefficient (Wildman–Crippen LogP) is 4.65. The van der Waals surface area contributed by atoms with E-state index in [9.17, 15) is 4.21 Å². The van der Waals surface area contributed by atoms with Gasteiger partial charge >= 0.3 is 0 Å². The van der Waals surface area contributed by atoms with Gasteiger partial charge in [-0.05, 0) is 25.5 Å². The molecule has 0 fully saturated rings. The van der Waals surface area contributed by atoms with E-state index >= 15 is 0 Å². The summed E-state index contributed by atoms with van der Waals surface area (Å²) in [5.41, 5.74) is 4.30. The summed E-state index contributed by atoms with van der Waals surface area (Å²) in [5.74, 6) is 0.629. The first-order chi connectivity index (χ1) is 13.7. The summed E-state index contributed by atoms with van der Waals surface area (Å²) in [5, 5.41) is 3.79. The molecule has 1 N–H and O–H groups in total. The first-order valence-electron chi connectivity index (χ1n) is 9.45. The van der Waals surface area contributed by atoms with Crippen LogP contribution in [0.25, 0.3) is 0 Å². The number of fused-ring (bicyclic) bond motifs is 2. The molecule has 0 saturated heterocycles. The average molecular weight is 391 g/mol. The molecule has 2 heterocycles. The predicted molar refractivity (Wildman–Crippen MR) is 113 cm³/mol. The second-order valence-electron chi connectivity index (χ2n) is 6.75. The topological polar surface area (TPSA) is 67.2 Å². The number of unbranched alkanes of at least 4 members (excludes halogenated alkanes) is 1. The van der Waals surface area contributed by atoms with Gasteiger partial charge in [0.15, 0.2) is 10.8 Å². The minimum absolute atomic E-state index is 0.449. The van der Waals surface area contributed by atoms with E-state index in [4.69, 9.17) is 4.99 Å². The van der Waals surface area contributed by atoms with Crippen molar-refractivity contribution in [1.29, 1.82) is 0 Å². The molecule has 2 aromatic carbocycles. The number of hydrogen-bond donors (Lipinski definition) is 1. The van der Waals surface area contributed by atoms with Crippen molar-refractivity contribution in [3.05, 3.63) is 71.5 Å². The third-order valence-corrected chi connectivity index (χ3v) is 6.05. The maximum Gasteiger partial charge on any atom is 0.163 e. The second kappa shape index (κ2) is 8.02. The van der Waals surface area contributed by atoms with E-state index in [1.54, 1.807) is 0 Å². The lowest BCUT2D eigenvalue weighted by Gasteiger charge is -2.10. The van der Waals surface area contributed by atoms with E-state index in [0.29, 0.717) is 16.5 Å². The monoisotopic (exact) mass is 390 g/mol. The minimum Gasteiger partial charge on any atom is -0.368 e. The highest BCUT2D eigenvalue weighted by Crippen LogP contribution is 2.37. The van der Waals surface area contributed by atoms with E-state index in [2.05, 4.69) is 22.2 Å². The molecule has 142 valence electrons. The molecule has 6 heteroatoms. The van der Waals surface area contributed by atoms with Gasteiger partial charge in [0.2, 0.25) is 0 Å². The van der Waals surface area contributed by atoms with Crippen LogP contribution in [0.15, 0.2) is 69.8 Å². The van der Waals surface area contributed by atoms with Gasteiger partial charge in [0, 0.05) is 17.7 Å². The van der Waals surface area contributed by atoms with Crippen LogP contribution < -0.4 is 5.32 Å². The highest BCUT2D eigenvalue weighted by Gasteiger charge is 2.27. The van der Waals surface area contributed by atoms with Crippen molar-refractivity contribution < 1.29 is 4.21 Å². The number of nitrogens with zero attached hydrogens (tertiary/aromatic N) is 3. The number of benzene rings is 2. The van der Waals surface area contributed by atoms with Crippen molar-refractivity contribution in [3.63, 3.8) is 0 Å². The lowest BCUT2D eigenvalue weighted by molar-refractivity contribution is 0.680. The van der Waals surface area contributed by atoms with E-state index < -0.39 is 10.8 Å². The van der Waals surface area contributed by atoms with Crippen LogP contribution in [-0.4, -0.2) is 26.4 Å². The van der Waals surface area contributed by atoms with Crippen molar-refractivity contribution in [1.82, 2.24) is 9.97 Å². The van der Waals surface area contributed by atoms with Crippen LogP contribution in [0, 0.1) is 6.92 Å². The molecule has 0 bridgehead atoms. The molecule has 0 aliphatic carbocycles. The summed E-state index contributed by atoms with van der Waals surface area (Å²) in [6.07, 6.45) is 3.56. The van der Waals surface area contributed by atoms with Gasteiger partial charge in [0.1, 0.15) is 22.8 Å². The molecular formula is C22H22N4OS. The quantitative estimate of drug-likeness (QED) is 0.398. The van der Waals surface area contributed by atoms with Crippen molar-refractivity contribution in [2.24, 2.45) is 4.99 Å². The summed E-state index contributed by atoms with van der Waals surface area (Å²) in [4.78, 5) is 14.4. The Kier molecular flexibility index (Phi) is 5.30. The summed E-state index contributed by atoms with van der Waals surface area (Å²) < 4.78 is 13.4. The van der Waals surface area contributed by atoms with Crippen molar-refractivity contribution >= 4 is 28.0 Å². The van der Waals surface area contributed by atoms with E-state index in [-0.39, 0.29) is 0 Å². The fraction of sp³-hybridized carbons (Fsp3) is 0.227. The molecule has 1 aromatic heterocycles. The summed E-state index contributed by atoms with van der Waals surface area (Å²) in [6, 6.07) is 15.9. The van der Waals surface area contributed by atoms with Gasteiger partial charge in [-0.25, -0.2) is 19.2 Å². The summed E-state index contributed by atoms with van der Waals surface area (Å²) in [6.45, 7) is 4.96. The number of aromatic nitrogens is 2. The molecule has 4 rings (SSSR count). The Morgan fingerprint density at radius 3 is 2.68 bits per heavy atom. The maximum absolute atomic E-state index is 13.4. The number of aliphatic imine (C=N–C) groups is 1. The SMILES string of the molecule is CCCCNc1ncnc2c1N=C(c1ccccc1)c1cc(C)ccc1S2=O. The van der Waals surface area contributed by atoms with Crippen LogP contribution in [0.3, 0.4) is 0 Å². The van der Waals surface area contributed by atoms with Gasteiger partial charge < -0.3 is 5.32 Å². The molecule has 0 radical (unpaired) electrons. The summed E-state index contributed by atoms with van der Waals surface area (Å²) in [7, 11) is -1.43. The summed E-state index contributed by atoms with van der Waals surface area (Å²) >= 11 is 0. The molecule has 1 aliphatic heterocycles. The van der Waals surface area contributed by atoms with Gasteiger partial charge in [-0.1, -0.05) is 55.3 Å². The van der Waals surface area contributed by atoms with Gasteiger partial charge in [-0.2, -0.15) is 0 Å². The number of rotatable bonds is 5. The van der Waals surface area contributed by atoms with Crippen LogP contribution >= 0.6 is 0 Å². The van der Waals surface area contributed by atoms with E-state index in [0.717, 1.165) is 46.7 Å². The number of nitrogens with one attached hydrogen (secondary N) is 1. The average Bonchev–Trinajstić information content (AvgIpc) is 2.84. The zero-order valence-corrected chi connectivity index (χ0v) is 16.8. The first kappa shape index (κ1) is 18.5. The Labute approximate surface area is 167 Å². The first-order valence-corrected chi connectivity index (χ1v) is 10.6. The molecule has 3 aromatic rings. The fourth-order valence-corrected chi connectivity index (χ4v) is 4.41. The Hall–Kier alpha value is -2.86. The maximum atomic E-state index is 13.4. The Balaban J connectivity index is 1.96. The highest BCUT2D eigenvalue weighted by atomic mass is 32.2. The van der Waals surface area contributed by atoms with Gasteiger partial charge in [-0.3, -0.25) is 0 Å². The standard InChI is InChI=1S/C22H22N4OS/c1-3-4-12-23-21-20-22(25-14-24-21)28(27)18-11-10-15(2)13-17(18)19(26-20)16-8-6-5-7-9-16/h5-11,13-14H,3-4,12H2,1-2H3,(H,23,24,25). The number of anilines is 1. The van der Waals surface area contributed by atoms with Crippen LogP contribution in [0.2, 0.25) is 0 Å². The smallest absolute Gasteiger partial charge is 0.163 e. The van der Waals surface area contributed by atoms with Crippen LogP contribution in [-0.2, 0) is 10.8 Å². The molecule has 28 heavy (non-hydrogen) atoms. The molecule has 0 amide bonds. The lowest BCUT2D eigenvalue weighted by Crippen LogP contribution is -2.06. The molecular weight excluding hydrogens is 368 g/mol. The van der Waals surface area contributed by atoms with Gasteiger partial charge in [0.05, 0.1) is 10.6 Å². The van der Waals surface area contributed by atoms with Gasteiger partial charge in [0.25, 0.3) is 0 Å². The van der Waals surface area contributed by atoms with E-state index in [1.807, 2.05) is 55.5 Å². The third-order valence-electron chi connectivity index (χ3n) is 4.65. The molecule has 0 spiro atoms. The number of aryl methyl sites for hydroxylation is 1. The molecule has 1 atom stereocenters. The second-order valence-corrected chi connectivity index (χ2v) is 8.12. The van der Waals surface area contributed by atoms with Crippen molar-refractivity contribution in [2.45, 2.75) is 36.6 Å². The number of hydrogen-bond acceptors (Lipinski definition) is 5. The van der Waals surface area contributed by atoms with Crippen molar-refractivity contribution in [3.8, 4) is 0 Å². The highest BCUT2D eigenvalue weighted by molar-refractivity contribution is 7.85. The van der Waals surface area contributed by atoms with Crippen LogP contribution in [0.4, 0.5) is 11.5 Å². The van der Waals surface area contributed by atoms with Gasteiger partial charge in [-0.15, -0.1) is 0 Å². The Bertz CT molecular complexity index is 1060. The lowest BCUT2D eigenvalue weighted by atomic mass is 10.0. The normalized spacial score (nSPS) is 15.2.